The fourth-order valence-electron chi connectivity index (χ4n) is 1.95. The first-order valence-corrected chi connectivity index (χ1v) is 8.05. The van der Waals surface area contributed by atoms with Crippen LogP contribution in [0, 0.1) is 5.82 Å². The lowest BCUT2D eigenvalue weighted by molar-refractivity contribution is 0.259. The van der Waals surface area contributed by atoms with Crippen molar-refractivity contribution in [2.75, 3.05) is 6.61 Å². The number of aliphatic hydroxyl groups excluding tert-OH is 1. The van der Waals surface area contributed by atoms with Crippen LogP contribution >= 0.6 is 0 Å². The molecule has 1 atom stereocenters. The number of nitrogens with one attached hydrogen (secondary N) is 1. The Morgan fingerprint density at radius 3 is 2.24 bits per heavy atom. The van der Waals surface area contributed by atoms with Crippen LogP contribution < -0.4 is 4.72 Å². The molecule has 2 aromatic carbocycles. The van der Waals surface area contributed by atoms with Gasteiger partial charge in [-0.1, -0.05) is 42.5 Å². The Hall–Kier alpha value is -1.76. The van der Waals surface area contributed by atoms with E-state index in [0.717, 1.165) is 0 Å². The Morgan fingerprint density at radius 1 is 1.05 bits per heavy atom. The first kappa shape index (κ1) is 15.6. The minimum absolute atomic E-state index is 0.267. The Kier molecular flexibility index (Phi) is 5.06. The second-order valence-electron chi connectivity index (χ2n) is 4.65. The second-order valence-corrected chi connectivity index (χ2v) is 6.40. The lowest BCUT2D eigenvalue weighted by atomic mass is 10.1. The standard InChI is InChI=1S/C15H16FNO3S/c16-14-8-6-12(7-9-14)11-21(19,20)17-15(10-18)13-4-2-1-3-5-13/h1-9,15,17-18H,10-11H2/t15-/m1/s1. The molecule has 2 rings (SSSR count). The third-order valence-corrected chi connectivity index (χ3v) is 4.33. The summed E-state index contributed by atoms with van der Waals surface area (Å²) in [6, 6.07) is 13.4. The van der Waals surface area contributed by atoms with Crippen molar-refractivity contribution in [3.8, 4) is 0 Å². The lowest BCUT2D eigenvalue weighted by Crippen LogP contribution is -2.31. The summed E-state index contributed by atoms with van der Waals surface area (Å²) >= 11 is 0. The number of sulfonamides is 1. The molecule has 0 aliphatic carbocycles. The van der Waals surface area contributed by atoms with Crippen molar-refractivity contribution >= 4 is 10.0 Å². The van der Waals surface area contributed by atoms with Crippen LogP contribution in [0.4, 0.5) is 4.39 Å². The summed E-state index contributed by atoms with van der Waals surface area (Å²) in [7, 11) is -3.64. The van der Waals surface area contributed by atoms with Crippen LogP contribution in [0.25, 0.3) is 0 Å². The van der Waals surface area contributed by atoms with Crippen molar-refractivity contribution in [2.24, 2.45) is 0 Å². The van der Waals surface area contributed by atoms with E-state index in [1.807, 2.05) is 6.07 Å². The van der Waals surface area contributed by atoms with E-state index in [1.165, 1.54) is 24.3 Å². The van der Waals surface area contributed by atoms with E-state index in [0.29, 0.717) is 11.1 Å². The van der Waals surface area contributed by atoms with Gasteiger partial charge < -0.3 is 5.11 Å². The predicted octanol–water partition coefficient (Wildman–Crippen LogP) is 1.98. The lowest BCUT2D eigenvalue weighted by Gasteiger charge is -2.16. The van der Waals surface area contributed by atoms with Gasteiger partial charge in [0.25, 0.3) is 0 Å². The molecule has 0 radical (unpaired) electrons. The summed E-state index contributed by atoms with van der Waals surface area (Å²) in [5.74, 6) is -0.682. The van der Waals surface area contributed by atoms with Gasteiger partial charge in [0.05, 0.1) is 18.4 Å². The molecular formula is C15H16FNO3S. The average Bonchev–Trinajstić information content (AvgIpc) is 2.48. The summed E-state index contributed by atoms with van der Waals surface area (Å²) in [5.41, 5.74) is 1.16. The molecular weight excluding hydrogens is 293 g/mol. The van der Waals surface area contributed by atoms with Gasteiger partial charge >= 0.3 is 0 Å². The Balaban J connectivity index is 2.10. The molecule has 2 aromatic rings. The van der Waals surface area contributed by atoms with E-state index in [9.17, 15) is 17.9 Å². The summed E-state index contributed by atoms with van der Waals surface area (Å²) in [5, 5.41) is 9.37. The van der Waals surface area contributed by atoms with Crippen molar-refractivity contribution in [2.45, 2.75) is 11.8 Å². The number of halogens is 1. The molecule has 0 aliphatic rings. The highest BCUT2D eigenvalue weighted by Gasteiger charge is 2.19. The van der Waals surface area contributed by atoms with E-state index in [2.05, 4.69) is 4.72 Å². The number of benzene rings is 2. The van der Waals surface area contributed by atoms with Gasteiger partial charge in [0.2, 0.25) is 10.0 Å². The van der Waals surface area contributed by atoms with E-state index in [-0.39, 0.29) is 12.4 Å². The smallest absolute Gasteiger partial charge is 0.216 e. The van der Waals surface area contributed by atoms with Crippen LogP contribution in [0.15, 0.2) is 54.6 Å². The Labute approximate surface area is 123 Å². The van der Waals surface area contributed by atoms with Gasteiger partial charge in [-0.2, -0.15) is 0 Å². The minimum atomic E-state index is -3.64. The monoisotopic (exact) mass is 309 g/mol. The minimum Gasteiger partial charge on any atom is -0.394 e. The fourth-order valence-corrected chi connectivity index (χ4v) is 3.31. The van der Waals surface area contributed by atoms with Crippen molar-refractivity contribution in [1.29, 1.82) is 0 Å². The molecule has 0 saturated heterocycles. The number of hydrogen-bond acceptors (Lipinski definition) is 3. The first-order valence-electron chi connectivity index (χ1n) is 6.40. The van der Waals surface area contributed by atoms with Crippen LogP contribution in [-0.2, 0) is 15.8 Å². The normalized spacial score (nSPS) is 13.0. The topological polar surface area (TPSA) is 66.4 Å². The predicted molar refractivity (Wildman–Crippen MR) is 78.4 cm³/mol. The molecule has 0 unspecified atom stereocenters. The SMILES string of the molecule is O=S(=O)(Cc1ccc(F)cc1)N[C@H](CO)c1ccccc1. The maximum Gasteiger partial charge on any atom is 0.216 e. The largest absolute Gasteiger partial charge is 0.394 e. The zero-order valence-electron chi connectivity index (χ0n) is 11.2. The molecule has 0 aliphatic heterocycles. The van der Waals surface area contributed by atoms with Crippen LogP contribution in [-0.4, -0.2) is 20.1 Å². The number of hydrogen-bond donors (Lipinski definition) is 2. The van der Waals surface area contributed by atoms with E-state index < -0.39 is 21.9 Å². The fraction of sp³-hybridized carbons (Fsp3) is 0.200. The quantitative estimate of drug-likeness (QED) is 0.857. The second kappa shape index (κ2) is 6.80. The molecule has 0 amide bonds. The molecule has 0 fully saturated rings. The van der Waals surface area contributed by atoms with Gasteiger partial charge in [-0.15, -0.1) is 0 Å². The van der Waals surface area contributed by atoms with E-state index >= 15 is 0 Å². The van der Waals surface area contributed by atoms with Gasteiger partial charge in [-0.25, -0.2) is 17.5 Å². The molecule has 0 bridgehead atoms. The maximum absolute atomic E-state index is 12.8. The van der Waals surface area contributed by atoms with Crippen LogP contribution in [0.5, 0.6) is 0 Å². The molecule has 0 heterocycles. The third-order valence-electron chi connectivity index (χ3n) is 2.98. The van der Waals surface area contributed by atoms with Crippen molar-refractivity contribution in [3.63, 3.8) is 0 Å². The molecule has 21 heavy (non-hydrogen) atoms. The Morgan fingerprint density at radius 2 is 1.67 bits per heavy atom. The van der Waals surface area contributed by atoms with E-state index in [1.54, 1.807) is 24.3 Å². The van der Waals surface area contributed by atoms with Crippen molar-refractivity contribution < 1.29 is 17.9 Å². The summed E-state index contributed by atoms with van der Waals surface area (Å²) in [6.07, 6.45) is 0. The van der Waals surface area contributed by atoms with Crippen molar-refractivity contribution in [1.82, 2.24) is 4.72 Å². The highest BCUT2D eigenvalue weighted by molar-refractivity contribution is 7.88. The van der Waals surface area contributed by atoms with E-state index in [4.69, 9.17) is 0 Å². The summed E-state index contributed by atoms with van der Waals surface area (Å²) in [4.78, 5) is 0. The third kappa shape index (κ3) is 4.63. The zero-order chi connectivity index (χ0) is 15.3. The highest BCUT2D eigenvalue weighted by atomic mass is 32.2. The van der Waals surface area contributed by atoms with Gasteiger partial charge in [-0.05, 0) is 23.3 Å². The van der Waals surface area contributed by atoms with Gasteiger partial charge in [0.1, 0.15) is 5.82 Å². The Bertz CT molecular complexity index is 672. The molecule has 6 heteroatoms. The molecule has 0 spiro atoms. The van der Waals surface area contributed by atoms with Crippen LogP contribution in [0.2, 0.25) is 0 Å². The molecule has 112 valence electrons. The van der Waals surface area contributed by atoms with Gasteiger partial charge in [0.15, 0.2) is 0 Å². The van der Waals surface area contributed by atoms with Crippen LogP contribution in [0.3, 0.4) is 0 Å². The highest BCUT2D eigenvalue weighted by Crippen LogP contribution is 2.15. The number of aliphatic hydroxyl groups is 1. The molecule has 0 saturated carbocycles. The summed E-state index contributed by atoms with van der Waals surface area (Å²) in [6.45, 7) is -0.341. The van der Waals surface area contributed by atoms with Gasteiger partial charge in [0, 0.05) is 0 Å². The maximum atomic E-state index is 12.8. The van der Waals surface area contributed by atoms with Gasteiger partial charge in [-0.3, -0.25) is 0 Å². The molecule has 2 N–H and O–H groups in total. The van der Waals surface area contributed by atoms with Crippen LogP contribution in [0.1, 0.15) is 17.2 Å². The number of rotatable bonds is 6. The molecule has 0 aromatic heterocycles. The van der Waals surface area contributed by atoms with Crippen molar-refractivity contribution in [3.05, 3.63) is 71.5 Å². The summed E-state index contributed by atoms with van der Waals surface area (Å²) < 4.78 is 39.5. The zero-order valence-corrected chi connectivity index (χ0v) is 12.1. The average molecular weight is 309 g/mol. The first-order chi connectivity index (χ1) is 10.00. The molecule has 4 nitrogen and oxygen atoms in total.